The number of hydrogen-bond acceptors (Lipinski definition) is 3. The topological polar surface area (TPSA) is 59.3 Å². The number of hydrogen-bond donors (Lipinski definition) is 1. The summed E-state index contributed by atoms with van der Waals surface area (Å²) in [4.78, 5) is 12.1. The van der Waals surface area contributed by atoms with E-state index in [1.807, 2.05) is 28.8 Å². The molecule has 0 saturated carbocycles. The Balaban J connectivity index is 1.65. The Morgan fingerprint density at radius 2 is 2.14 bits per heavy atom. The minimum absolute atomic E-state index is 0.270. The summed E-state index contributed by atoms with van der Waals surface area (Å²) in [6, 6.07) is 9.64. The first-order chi connectivity index (χ1) is 10.6. The lowest BCUT2D eigenvalue weighted by Gasteiger charge is -2.06. The molecule has 1 N–H and O–H groups in total. The second-order valence-corrected chi connectivity index (χ2v) is 5.53. The average molecular weight is 363 g/mol. The summed E-state index contributed by atoms with van der Waals surface area (Å²) >= 11 is 3.24. The normalized spacial score (nSPS) is 10.8. The first-order valence-electron chi connectivity index (χ1n) is 6.67. The van der Waals surface area contributed by atoms with Gasteiger partial charge in [-0.3, -0.25) is 9.20 Å². The zero-order chi connectivity index (χ0) is 15.5. The van der Waals surface area contributed by atoms with Crippen LogP contribution in [0.15, 0.2) is 47.1 Å². The third-order valence-corrected chi connectivity index (χ3v) is 3.88. The largest absolute Gasteiger partial charge is 0.352 e. The van der Waals surface area contributed by atoms with Gasteiger partial charge >= 0.3 is 0 Å². The Hall–Kier alpha value is -2.28. The van der Waals surface area contributed by atoms with Gasteiger partial charge in [-0.15, -0.1) is 10.2 Å². The second kappa shape index (κ2) is 6.23. The molecule has 0 fully saturated rings. The Morgan fingerprint density at radius 1 is 1.27 bits per heavy atom. The highest BCUT2D eigenvalue weighted by Crippen LogP contribution is 2.17. The van der Waals surface area contributed by atoms with Crippen molar-refractivity contribution in [2.75, 3.05) is 6.54 Å². The van der Waals surface area contributed by atoms with E-state index >= 15 is 0 Å². The maximum absolute atomic E-state index is 13.2. The number of benzene rings is 1. The first-order valence-corrected chi connectivity index (χ1v) is 7.46. The quantitative estimate of drug-likeness (QED) is 0.775. The molecule has 1 aromatic carbocycles. The molecule has 0 spiro atoms. The highest BCUT2D eigenvalue weighted by Gasteiger charge is 2.11. The van der Waals surface area contributed by atoms with Crippen LogP contribution in [0.2, 0.25) is 0 Å². The molecule has 5 nitrogen and oxygen atoms in total. The first kappa shape index (κ1) is 14.6. The van der Waals surface area contributed by atoms with Gasteiger partial charge in [0.15, 0.2) is 5.65 Å². The van der Waals surface area contributed by atoms with Crippen LogP contribution in [0.3, 0.4) is 0 Å². The summed E-state index contributed by atoms with van der Waals surface area (Å²) < 4.78 is 15.6. The molecule has 0 aliphatic heterocycles. The lowest BCUT2D eigenvalue weighted by atomic mass is 10.2. The van der Waals surface area contributed by atoms with E-state index in [-0.39, 0.29) is 11.5 Å². The number of aromatic nitrogens is 3. The van der Waals surface area contributed by atoms with Crippen LogP contribution in [0.1, 0.15) is 16.2 Å². The molecule has 0 radical (unpaired) electrons. The molecule has 0 aliphatic carbocycles. The standard InChI is InChI=1S/C15H12BrFN4O/c16-12-5-4-10(17)9-11(12)15(22)18-7-6-14-20-19-13-3-1-2-8-21(13)14/h1-5,8-9H,6-7H2,(H,18,22). The van der Waals surface area contributed by atoms with Crippen LogP contribution in [0.25, 0.3) is 5.65 Å². The van der Waals surface area contributed by atoms with Gasteiger partial charge in [-0.05, 0) is 46.3 Å². The Labute approximate surface area is 134 Å². The van der Waals surface area contributed by atoms with Gasteiger partial charge < -0.3 is 5.32 Å². The van der Waals surface area contributed by atoms with Crippen LogP contribution >= 0.6 is 15.9 Å². The zero-order valence-corrected chi connectivity index (χ0v) is 13.0. The van der Waals surface area contributed by atoms with E-state index in [9.17, 15) is 9.18 Å². The Morgan fingerprint density at radius 3 is 3.00 bits per heavy atom. The van der Waals surface area contributed by atoms with E-state index in [1.54, 1.807) is 0 Å². The van der Waals surface area contributed by atoms with Crippen molar-refractivity contribution in [3.8, 4) is 0 Å². The van der Waals surface area contributed by atoms with Crippen LogP contribution < -0.4 is 5.32 Å². The minimum Gasteiger partial charge on any atom is -0.352 e. The molecule has 112 valence electrons. The fourth-order valence-electron chi connectivity index (χ4n) is 2.12. The van der Waals surface area contributed by atoms with E-state index in [0.717, 1.165) is 11.5 Å². The van der Waals surface area contributed by atoms with E-state index in [0.29, 0.717) is 17.4 Å². The van der Waals surface area contributed by atoms with Crippen LogP contribution in [0.4, 0.5) is 4.39 Å². The number of nitrogens with zero attached hydrogens (tertiary/aromatic N) is 3. The van der Waals surface area contributed by atoms with Gasteiger partial charge in [0.25, 0.3) is 5.91 Å². The van der Waals surface area contributed by atoms with Crippen molar-refractivity contribution in [2.24, 2.45) is 0 Å². The molecule has 2 heterocycles. The van der Waals surface area contributed by atoms with Crippen LogP contribution in [-0.4, -0.2) is 27.0 Å². The highest BCUT2D eigenvalue weighted by molar-refractivity contribution is 9.10. The van der Waals surface area contributed by atoms with Crippen LogP contribution in [0.5, 0.6) is 0 Å². The Kier molecular flexibility index (Phi) is 4.15. The summed E-state index contributed by atoms with van der Waals surface area (Å²) in [6.45, 7) is 0.386. The molecule has 1 amide bonds. The van der Waals surface area contributed by atoms with Crippen molar-refractivity contribution in [1.82, 2.24) is 19.9 Å². The molecular formula is C15H12BrFN4O. The van der Waals surface area contributed by atoms with Gasteiger partial charge in [0.05, 0.1) is 5.56 Å². The molecule has 0 atom stereocenters. The number of rotatable bonds is 4. The molecule has 22 heavy (non-hydrogen) atoms. The van der Waals surface area contributed by atoms with Gasteiger partial charge in [-0.2, -0.15) is 0 Å². The van der Waals surface area contributed by atoms with Gasteiger partial charge in [-0.25, -0.2) is 4.39 Å². The number of amides is 1. The maximum atomic E-state index is 13.2. The lowest BCUT2D eigenvalue weighted by molar-refractivity contribution is 0.0952. The fraction of sp³-hybridized carbons (Fsp3) is 0.133. The summed E-state index contributed by atoms with van der Waals surface area (Å²) in [5.74, 6) is -0.0220. The lowest BCUT2D eigenvalue weighted by Crippen LogP contribution is -2.26. The summed E-state index contributed by atoms with van der Waals surface area (Å²) in [5.41, 5.74) is 1.03. The number of nitrogens with one attached hydrogen (secondary N) is 1. The van der Waals surface area contributed by atoms with E-state index in [2.05, 4.69) is 31.4 Å². The smallest absolute Gasteiger partial charge is 0.252 e. The predicted octanol–water partition coefficient (Wildman–Crippen LogP) is 2.60. The van der Waals surface area contributed by atoms with Crippen molar-refractivity contribution in [1.29, 1.82) is 0 Å². The number of pyridine rings is 1. The number of fused-ring (bicyclic) bond motifs is 1. The molecule has 0 saturated heterocycles. The van der Waals surface area contributed by atoms with E-state index < -0.39 is 5.82 Å². The SMILES string of the molecule is O=C(NCCc1nnc2ccccn12)c1cc(F)ccc1Br. The van der Waals surface area contributed by atoms with Crippen LogP contribution in [0, 0.1) is 5.82 Å². The van der Waals surface area contributed by atoms with Gasteiger partial charge in [0, 0.05) is 23.6 Å². The monoisotopic (exact) mass is 362 g/mol. The van der Waals surface area contributed by atoms with Crippen molar-refractivity contribution in [3.63, 3.8) is 0 Å². The molecule has 2 aromatic heterocycles. The summed E-state index contributed by atoms with van der Waals surface area (Å²) in [5, 5.41) is 10.9. The molecule has 0 unspecified atom stereocenters. The van der Waals surface area contributed by atoms with E-state index in [4.69, 9.17) is 0 Å². The molecule has 7 heteroatoms. The van der Waals surface area contributed by atoms with Crippen molar-refractivity contribution >= 4 is 27.5 Å². The summed E-state index contributed by atoms with van der Waals surface area (Å²) in [7, 11) is 0. The molecule has 3 rings (SSSR count). The highest BCUT2D eigenvalue weighted by atomic mass is 79.9. The third-order valence-electron chi connectivity index (χ3n) is 3.19. The maximum Gasteiger partial charge on any atom is 0.252 e. The van der Waals surface area contributed by atoms with Gasteiger partial charge in [-0.1, -0.05) is 6.07 Å². The van der Waals surface area contributed by atoms with Gasteiger partial charge in [0.2, 0.25) is 0 Å². The zero-order valence-electron chi connectivity index (χ0n) is 11.5. The molecule has 0 bridgehead atoms. The summed E-state index contributed by atoms with van der Waals surface area (Å²) in [6.07, 6.45) is 2.40. The van der Waals surface area contributed by atoms with Gasteiger partial charge in [0.1, 0.15) is 11.6 Å². The number of carbonyl (C=O) groups is 1. The number of halogens is 2. The fourth-order valence-corrected chi connectivity index (χ4v) is 2.54. The van der Waals surface area contributed by atoms with Crippen LogP contribution in [-0.2, 0) is 6.42 Å². The minimum atomic E-state index is -0.447. The van der Waals surface area contributed by atoms with E-state index in [1.165, 1.54) is 18.2 Å². The van der Waals surface area contributed by atoms with Crippen molar-refractivity contribution in [2.45, 2.75) is 6.42 Å². The third kappa shape index (κ3) is 2.99. The molecule has 3 aromatic rings. The van der Waals surface area contributed by atoms with Crippen molar-refractivity contribution < 1.29 is 9.18 Å². The Bertz CT molecular complexity index is 833. The van der Waals surface area contributed by atoms with Crippen molar-refractivity contribution in [3.05, 3.63) is 64.3 Å². The number of carbonyl (C=O) groups excluding carboxylic acids is 1. The second-order valence-electron chi connectivity index (χ2n) is 4.68. The average Bonchev–Trinajstić information content (AvgIpc) is 2.93. The predicted molar refractivity (Wildman–Crippen MR) is 83.1 cm³/mol. The molecular weight excluding hydrogens is 351 g/mol. The molecule has 0 aliphatic rings.